The monoisotopic (exact) mass is 202 g/mol. The van der Waals surface area contributed by atoms with Gasteiger partial charge in [0.25, 0.3) is 0 Å². The number of aryl methyl sites for hydroxylation is 2. The van der Waals surface area contributed by atoms with E-state index in [2.05, 4.69) is 37.0 Å². The Balaban J connectivity index is 2.63. The molecule has 0 radical (unpaired) electrons. The van der Waals surface area contributed by atoms with E-state index in [9.17, 15) is 0 Å². The van der Waals surface area contributed by atoms with Gasteiger partial charge in [-0.15, -0.1) is 0 Å². The van der Waals surface area contributed by atoms with E-state index in [-0.39, 0.29) is 6.04 Å². The maximum absolute atomic E-state index is 5.87. The van der Waals surface area contributed by atoms with Gasteiger partial charge in [0, 0.05) is 22.6 Å². The summed E-state index contributed by atoms with van der Waals surface area (Å²) >= 11 is 0. The topological polar surface area (TPSA) is 41.8 Å². The first-order valence-electron chi connectivity index (χ1n) is 5.42. The highest BCUT2D eigenvalue weighted by Crippen LogP contribution is 2.25. The fourth-order valence-electron chi connectivity index (χ4n) is 2.14. The van der Waals surface area contributed by atoms with E-state index >= 15 is 0 Å². The highest BCUT2D eigenvalue weighted by Gasteiger charge is 2.10. The quantitative estimate of drug-likeness (QED) is 0.772. The van der Waals surface area contributed by atoms with Crippen LogP contribution in [0.4, 0.5) is 0 Å². The Hall–Kier alpha value is -1.28. The summed E-state index contributed by atoms with van der Waals surface area (Å²) in [7, 11) is 0. The van der Waals surface area contributed by atoms with Gasteiger partial charge in [0.2, 0.25) is 0 Å². The molecule has 2 rings (SSSR count). The Kier molecular flexibility index (Phi) is 2.53. The van der Waals surface area contributed by atoms with Gasteiger partial charge in [-0.1, -0.05) is 18.2 Å². The number of benzene rings is 1. The van der Waals surface area contributed by atoms with Gasteiger partial charge in [-0.25, -0.2) is 0 Å². The van der Waals surface area contributed by atoms with Gasteiger partial charge < -0.3 is 10.7 Å². The number of rotatable bonds is 2. The standard InChI is InChI=1S/C13H18N2/c1-8-5-4-6-11-12(7-9(2)14)10(3)15-13(8)11/h4-6,9,15H,7,14H2,1-3H3. The molecule has 0 spiro atoms. The van der Waals surface area contributed by atoms with Crippen LogP contribution < -0.4 is 5.73 Å². The van der Waals surface area contributed by atoms with Gasteiger partial charge in [-0.3, -0.25) is 0 Å². The molecular formula is C13H18N2. The molecule has 1 aromatic heterocycles. The summed E-state index contributed by atoms with van der Waals surface area (Å²) in [5, 5.41) is 1.32. The number of H-pyrrole nitrogens is 1. The second-order valence-corrected chi connectivity index (χ2v) is 4.41. The molecule has 3 N–H and O–H groups in total. The number of hydrogen-bond donors (Lipinski definition) is 2. The minimum atomic E-state index is 0.211. The molecule has 1 heterocycles. The smallest absolute Gasteiger partial charge is 0.0488 e. The summed E-state index contributed by atoms with van der Waals surface area (Å²) in [5.74, 6) is 0. The van der Waals surface area contributed by atoms with Crippen molar-refractivity contribution < 1.29 is 0 Å². The van der Waals surface area contributed by atoms with E-state index < -0.39 is 0 Å². The molecule has 80 valence electrons. The fourth-order valence-corrected chi connectivity index (χ4v) is 2.14. The van der Waals surface area contributed by atoms with Crippen molar-refractivity contribution in [1.82, 2.24) is 4.98 Å². The van der Waals surface area contributed by atoms with Gasteiger partial charge in [-0.05, 0) is 38.3 Å². The molecule has 0 fully saturated rings. The van der Waals surface area contributed by atoms with E-state index in [0.29, 0.717) is 0 Å². The largest absolute Gasteiger partial charge is 0.358 e. The second kappa shape index (κ2) is 3.70. The number of nitrogens with two attached hydrogens (primary N) is 1. The molecule has 2 nitrogen and oxygen atoms in total. The first-order valence-corrected chi connectivity index (χ1v) is 5.42. The Morgan fingerprint density at radius 1 is 1.33 bits per heavy atom. The maximum atomic E-state index is 5.87. The zero-order chi connectivity index (χ0) is 11.0. The van der Waals surface area contributed by atoms with Crippen molar-refractivity contribution >= 4 is 10.9 Å². The van der Waals surface area contributed by atoms with E-state index in [0.717, 1.165) is 6.42 Å². The van der Waals surface area contributed by atoms with Crippen LogP contribution in [0.2, 0.25) is 0 Å². The molecule has 2 heteroatoms. The van der Waals surface area contributed by atoms with E-state index in [1.165, 1.54) is 27.7 Å². The van der Waals surface area contributed by atoms with Crippen molar-refractivity contribution in [3.63, 3.8) is 0 Å². The van der Waals surface area contributed by atoms with Crippen LogP contribution in [0.1, 0.15) is 23.7 Å². The van der Waals surface area contributed by atoms with Crippen LogP contribution in [-0.4, -0.2) is 11.0 Å². The van der Waals surface area contributed by atoms with Crippen molar-refractivity contribution in [3.8, 4) is 0 Å². The Morgan fingerprint density at radius 3 is 2.73 bits per heavy atom. The highest BCUT2D eigenvalue weighted by atomic mass is 14.7. The minimum absolute atomic E-state index is 0.211. The lowest BCUT2D eigenvalue weighted by molar-refractivity contribution is 0.738. The Bertz CT molecular complexity index is 480. The summed E-state index contributed by atoms with van der Waals surface area (Å²) in [4.78, 5) is 3.45. The van der Waals surface area contributed by atoms with Crippen molar-refractivity contribution in [2.24, 2.45) is 5.73 Å². The van der Waals surface area contributed by atoms with Crippen LogP contribution in [0.5, 0.6) is 0 Å². The number of nitrogens with one attached hydrogen (secondary N) is 1. The van der Waals surface area contributed by atoms with Crippen LogP contribution in [-0.2, 0) is 6.42 Å². The molecule has 2 aromatic rings. The number of fused-ring (bicyclic) bond motifs is 1. The van der Waals surface area contributed by atoms with Crippen LogP contribution >= 0.6 is 0 Å². The molecule has 0 amide bonds. The maximum Gasteiger partial charge on any atom is 0.0488 e. The van der Waals surface area contributed by atoms with E-state index in [1.54, 1.807) is 0 Å². The number of aromatic nitrogens is 1. The summed E-state index contributed by atoms with van der Waals surface area (Å²) in [6.45, 7) is 6.30. The van der Waals surface area contributed by atoms with E-state index in [1.807, 2.05) is 6.92 Å². The average Bonchev–Trinajstić information content (AvgIpc) is 2.45. The third-order valence-corrected chi connectivity index (χ3v) is 2.89. The predicted molar refractivity (Wildman–Crippen MR) is 65.1 cm³/mol. The van der Waals surface area contributed by atoms with Crippen LogP contribution in [0.3, 0.4) is 0 Å². The molecular weight excluding hydrogens is 184 g/mol. The molecule has 15 heavy (non-hydrogen) atoms. The zero-order valence-electron chi connectivity index (χ0n) is 9.59. The summed E-state index contributed by atoms with van der Waals surface area (Å²) in [5.41, 5.74) is 11.0. The number of hydrogen-bond acceptors (Lipinski definition) is 1. The number of para-hydroxylation sites is 1. The molecule has 0 saturated heterocycles. The first-order chi connectivity index (χ1) is 7.09. The van der Waals surface area contributed by atoms with Gasteiger partial charge in [-0.2, -0.15) is 0 Å². The molecule has 0 aliphatic heterocycles. The SMILES string of the molecule is Cc1[nH]c2c(C)cccc2c1CC(C)N. The van der Waals surface area contributed by atoms with Gasteiger partial charge in [0.15, 0.2) is 0 Å². The second-order valence-electron chi connectivity index (χ2n) is 4.41. The van der Waals surface area contributed by atoms with Gasteiger partial charge >= 0.3 is 0 Å². The average molecular weight is 202 g/mol. The molecule has 1 unspecified atom stereocenters. The molecule has 0 saturated carbocycles. The van der Waals surface area contributed by atoms with Crippen molar-refractivity contribution in [3.05, 3.63) is 35.0 Å². The summed E-state index contributed by atoms with van der Waals surface area (Å²) in [6, 6.07) is 6.62. The lowest BCUT2D eigenvalue weighted by atomic mass is 10.0. The lowest BCUT2D eigenvalue weighted by Gasteiger charge is -2.05. The Labute approximate surface area is 90.5 Å². The predicted octanol–water partition coefficient (Wildman–Crippen LogP) is 2.67. The van der Waals surface area contributed by atoms with Crippen LogP contribution in [0.25, 0.3) is 10.9 Å². The molecule has 0 bridgehead atoms. The third kappa shape index (κ3) is 1.77. The van der Waals surface area contributed by atoms with Gasteiger partial charge in [0.05, 0.1) is 0 Å². The van der Waals surface area contributed by atoms with Crippen molar-refractivity contribution in [2.75, 3.05) is 0 Å². The molecule has 0 aliphatic carbocycles. The summed E-state index contributed by atoms with van der Waals surface area (Å²) in [6.07, 6.45) is 0.940. The van der Waals surface area contributed by atoms with Crippen LogP contribution in [0, 0.1) is 13.8 Å². The summed E-state index contributed by atoms with van der Waals surface area (Å²) < 4.78 is 0. The zero-order valence-corrected chi connectivity index (χ0v) is 9.59. The Morgan fingerprint density at radius 2 is 2.07 bits per heavy atom. The number of aromatic amines is 1. The molecule has 0 aliphatic rings. The fraction of sp³-hybridized carbons (Fsp3) is 0.385. The highest BCUT2D eigenvalue weighted by molar-refractivity contribution is 5.87. The van der Waals surface area contributed by atoms with Crippen LogP contribution in [0.15, 0.2) is 18.2 Å². The molecule has 1 atom stereocenters. The van der Waals surface area contributed by atoms with Crippen molar-refractivity contribution in [2.45, 2.75) is 33.2 Å². The molecule has 1 aromatic carbocycles. The minimum Gasteiger partial charge on any atom is -0.358 e. The first kappa shape index (κ1) is 10.2. The third-order valence-electron chi connectivity index (χ3n) is 2.89. The van der Waals surface area contributed by atoms with E-state index in [4.69, 9.17) is 5.73 Å². The normalized spacial score (nSPS) is 13.3. The van der Waals surface area contributed by atoms with Gasteiger partial charge in [0.1, 0.15) is 0 Å². The van der Waals surface area contributed by atoms with Crippen molar-refractivity contribution in [1.29, 1.82) is 0 Å². The lowest BCUT2D eigenvalue weighted by Crippen LogP contribution is -2.18.